The molecule has 0 aromatic heterocycles. The minimum Gasteiger partial charge on any atom is -0.338 e. The van der Waals surface area contributed by atoms with Gasteiger partial charge in [0.1, 0.15) is 0 Å². The van der Waals surface area contributed by atoms with Crippen LogP contribution < -0.4 is 10.6 Å². The molecule has 0 radical (unpaired) electrons. The number of hydrogen-bond donors (Lipinski definition) is 2. The molecule has 104 valence electrons. The average Bonchev–Trinajstić information content (AvgIpc) is 2.70. The number of sulfone groups is 1. The second-order valence-corrected chi connectivity index (χ2v) is 6.96. The van der Waals surface area contributed by atoms with Crippen molar-refractivity contribution in [3.63, 3.8) is 0 Å². The molecule has 2 rings (SSSR count). The van der Waals surface area contributed by atoms with Crippen molar-refractivity contribution in [2.24, 2.45) is 0 Å². The Kier molecular flexibility index (Phi) is 4.42. The quantitative estimate of drug-likeness (QED) is 0.854. The highest BCUT2D eigenvalue weighted by Crippen LogP contribution is 2.10. The minimum absolute atomic E-state index is 0.0547. The summed E-state index contributed by atoms with van der Waals surface area (Å²) in [4.78, 5) is 11.6. The molecule has 1 aromatic rings. The zero-order chi connectivity index (χ0) is 13.7. The SMILES string of the molecule is O=C(NCCc1ccccc1)NC1CCS(=O)(=O)C1. The molecular weight excluding hydrogens is 264 g/mol. The van der Waals surface area contributed by atoms with Crippen LogP contribution in [0.3, 0.4) is 0 Å². The van der Waals surface area contributed by atoms with Crippen molar-refractivity contribution in [3.05, 3.63) is 35.9 Å². The zero-order valence-corrected chi connectivity index (χ0v) is 11.4. The van der Waals surface area contributed by atoms with Gasteiger partial charge in [0, 0.05) is 12.6 Å². The van der Waals surface area contributed by atoms with Crippen LogP contribution in [0.15, 0.2) is 30.3 Å². The third-order valence-electron chi connectivity index (χ3n) is 3.11. The van der Waals surface area contributed by atoms with Gasteiger partial charge < -0.3 is 10.6 Å². The van der Waals surface area contributed by atoms with Gasteiger partial charge in [-0.1, -0.05) is 30.3 Å². The molecule has 19 heavy (non-hydrogen) atoms. The first-order valence-electron chi connectivity index (χ1n) is 6.34. The first kappa shape index (κ1) is 13.9. The zero-order valence-electron chi connectivity index (χ0n) is 10.6. The third-order valence-corrected chi connectivity index (χ3v) is 4.88. The fourth-order valence-corrected chi connectivity index (χ4v) is 3.78. The number of urea groups is 1. The first-order chi connectivity index (χ1) is 9.05. The van der Waals surface area contributed by atoms with Gasteiger partial charge in [-0.05, 0) is 18.4 Å². The molecule has 0 bridgehead atoms. The van der Waals surface area contributed by atoms with Gasteiger partial charge in [-0.3, -0.25) is 0 Å². The lowest BCUT2D eigenvalue weighted by atomic mass is 10.1. The van der Waals surface area contributed by atoms with E-state index in [1.165, 1.54) is 0 Å². The molecular formula is C13H18N2O3S. The van der Waals surface area contributed by atoms with Crippen LogP contribution in [-0.2, 0) is 16.3 Å². The van der Waals surface area contributed by atoms with E-state index in [1.54, 1.807) is 0 Å². The van der Waals surface area contributed by atoms with E-state index >= 15 is 0 Å². The summed E-state index contributed by atoms with van der Waals surface area (Å²) in [5, 5.41) is 5.43. The number of benzene rings is 1. The lowest BCUT2D eigenvalue weighted by Gasteiger charge is -2.11. The Morgan fingerprint density at radius 2 is 2.00 bits per heavy atom. The van der Waals surface area contributed by atoms with Gasteiger partial charge in [-0.15, -0.1) is 0 Å². The van der Waals surface area contributed by atoms with Crippen LogP contribution in [0.4, 0.5) is 4.79 Å². The minimum atomic E-state index is -2.95. The number of rotatable bonds is 4. The molecule has 0 saturated carbocycles. The van der Waals surface area contributed by atoms with E-state index in [4.69, 9.17) is 0 Å². The molecule has 6 heteroatoms. The summed E-state index contributed by atoms with van der Waals surface area (Å²) >= 11 is 0. The van der Waals surface area contributed by atoms with Gasteiger partial charge in [0.2, 0.25) is 0 Å². The van der Waals surface area contributed by atoms with Crippen molar-refractivity contribution in [1.82, 2.24) is 10.6 Å². The summed E-state index contributed by atoms with van der Waals surface area (Å²) in [7, 11) is -2.95. The molecule has 5 nitrogen and oxygen atoms in total. The molecule has 1 aliphatic heterocycles. The summed E-state index contributed by atoms with van der Waals surface area (Å²) in [6, 6.07) is 9.33. The maximum atomic E-state index is 11.6. The fraction of sp³-hybridized carbons (Fsp3) is 0.462. The molecule has 0 spiro atoms. The molecule has 1 atom stereocenters. The Bertz CT molecular complexity index is 528. The van der Waals surface area contributed by atoms with E-state index in [0.717, 1.165) is 12.0 Å². The maximum Gasteiger partial charge on any atom is 0.315 e. The highest BCUT2D eigenvalue weighted by atomic mass is 32.2. The average molecular weight is 282 g/mol. The molecule has 1 saturated heterocycles. The topological polar surface area (TPSA) is 75.3 Å². The Labute approximate surface area is 113 Å². The lowest BCUT2D eigenvalue weighted by molar-refractivity contribution is 0.238. The summed E-state index contributed by atoms with van der Waals surface area (Å²) in [5.74, 6) is 0.223. The highest BCUT2D eigenvalue weighted by Gasteiger charge is 2.28. The third kappa shape index (κ3) is 4.55. The van der Waals surface area contributed by atoms with Crippen molar-refractivity contribution < 1.29 is 13.2 Å². The smallest absolute Gasteiger partial charge is 0.315 e. The number of hydrogen-bond acceptors (Lipinski definition) is 3. The fourth-order valence-electron chi connectivity index (χ4n) is 2.11. The standard InChI is InChI=1S/C13H18N2O3S/c16-13(15-12-7-9-19(17,18)10-12)14-8-6-11-4-2-1-3-5-11/h1-5,12H,6-10H2,(H2,14,15,16). The summed E-state index contributed by atoms with van der Waals surface area (Å²) in [6.07, 6.45) is 1.27. The van der Waals surface area contributed by atoms with Gasteiger partial charge in [0.25, 0.3) is 0 Å². The molecule has 0 aliphatic carbocycles. The summed E-state index contributed by atoms with van der Waals surface area (Å²) < 4.78 is 22.5. The van der Waals surface area contributed by atoms with Crippen LogP contribution in [0, 0.1) is 0 Å². The first-order valence-corrected chi connectivity index (χ1v) is 8.16. The Hall–Kier alpha value is -1.56. The number of carbonyl (C=O) groups is 1. The highest BCUT2D eigenvalue weighted by molar-refractivity contribution is 7.91. The van der Waals surface area contributed by atoms with Crippen molar-refractivity contribution in [2.45, 2.75) is 18.9 Å². The molecule has 1 unspecified atom stereocenters. The number of nitrogens with one attached hydrogen (secondary N) is 2. The second kappa shape index (κ2) is 6.06. The van der Waals surface area contributed by atoms with E-state index in [0.29, 0.717) is 13.0 Å². The predicted octanol–water partition coefficient (Wildman–Crippen LogP) is 0.715. The van der Waals surface area contributed by atoms with Crippen molar-refractivity contribution >= 4 is 15.9 Å². The van der Waals surface area contributed by atoms with E-state index < -0.39 is 9.84 Å². The van der Waals surface area contributed by atoms with Gasteiger partial charge in [0.15, 0.2) is 9.84 Å². The lowest BCUT2D eigenvalue weighted by Crippen LogP contribution is -2.43. The molecule has 1 aliphatic rings. The van der Waals surface area contributed by atoms with Crippen LogP contribution in [0.2, 0.25) is 0 Å². The molecule has 1 aromatic carbocycles. The van der Waals surface area contributed by atoms with Crippen molar-refractivity contribution in [1.29, 1.82) is 0 Å². The Morgan fingerprint density at radius 3 is 2.63 bits per heavy atom. The Morgan fingerprint density at radius 1 is 1.26 bits per heavy atom. The second-order valence-electron chi connectivity index (χ2n) is 4.74. The van der Waals surface area contributed by atoms with Gasteiger partial charge in [-0.25, -0.2) is 13.2 Å². The van der Waals surface area contributed by atoms with Crippen LogP contribution in [-0.4, -0.2) is 38.5 Å². The van der Waals surface area contributed by atoms with E-state index in [2.05, 4.69) is 10.6 Å². The van der Waals surface area contributed by atoms with E-state index in [-0.39, 0.29) is 23.6 Å². The van der Waals surface area contributed by atoms with E-state index in [1.807, 2.05) is 30.3 Å². The van der Waals surface area contributed by atoms with Crippen LogP contribution in [0.1, 0.15) is 12.0 Å². The Balaban J connectivity index is 1.68. The summed E-state index contributed by atoms with van der Waals surface area (Å²) in [5.41, 5.74) is 1.16. The number of carbonyl (C=O) groups excluding carboxylic acids is 1. The molecule has 2 N–H and O–H groups in total. The molecule has 1 fully saturated rings. The maximum absolute atomic E-state index is 11.6. The monoisotopic (exact) mass is 282 g/mol. The van der Waals surface area contributed by atoms with Crippen LogP contribution >= 0.6 is 0 Å². The van der Waals surface area contributed by atoms with Crippen LogP contribution in [0.25, 0.3) is 0 Å². The summed E-state index contributed by atoms with van der Waals surface area (Å²) in [6.45, 7) is 0.537. The van der Waals surface area contributed by atoms with Gasteiger partial charge in [-0.2, -0.15) is 0 Å². The van der Waals surface area contributed by atoms with Crippen LogP contribution in [0.5, 0.6) is 0 Å². The van der Waals surface area contributed by atoms with Gasteiger partial charge in [0.05, 0.1) is 11.5 Å². The largest absolute Gasteiger partial charge is 0.338 e. The predicted molar refractivity (Wildman–Crippen MR) is 73.7 cm³/mol. The van der Waals surface area contributed by atoms with E-state index in [9.17, 15) is 13.2 Å². The number of amides is 2. The molecule has 2 amide bonds. The molecule has 1 heterocycles. The van der Waals surface area contributed by atoms with Crippen molar-refractivity contribution in [2.75, 3.05) is 18.1 Å². The normalized spacial score (nSPS) is 20.9. The van der Waals surface area contributed by atoms with Gasteiger partial charge >= 0.3 is 6.03 Å². The van der Waals surface area contributed by atoms with Crippen molar-refractivity contribution in [3.8, 4) is 0 Å².